The third-order valence-corrected chi connectivity index (χ3v) is 5.20. The first-order chi connectivity index (χ1) is 14.4. The highest BCUT2D eigenvalue weighted by Gasteiger charge is 2.33. The largest absolute Gasteiger partial charge is 0.487 e. The van der Waals surface area contributed by atoms with Gasteiger partial charge in [0, 0.05) is 24.6 Å². The van der Waals surface area contributed by atoms with E-state index in [2.05, 4.69) is 59.6 Å². The highest BCUT2D eigenvalue weighted by molar-refractivity contribution is 5.80. The van der Waals surface area contributed by atoms with Gasteiger partial charge in [-0.1, -0.05) is 35.9 Å². The summed E-state index contributed by atoms with van der Waals surface area (Å²) in [5.41, 5.74) is 3.89. The van der Waals surface area contributed by atoms with Gasteiger partial charge in [-0.15, -0.1) is 0 Å². The third kappa shape index (κ3) is 4.48. The zero-order chi connectivity index (χ0) is 21.1. The molecule has 1 unspecified atom stereocenters. The van der Waals surface area contributed by atoms with E-state index in [-0.39, 0.29) is 11.6 Å². The zero-order valence-electron chi connectivity index (χ0n) is 17.9. The van der Waals surface area contributed by atoms with Crippen LogP contribution in [0, 0.1) is 6.92 Å². The fraction of sp³-hybridized carbons (Fsp3) is 0.333. The lowest BCUT2D eigenvalue weighted by Crippen LogP contribution is -2.45. The summed E-state index contributed by atoms with van der Waals surface area (Å²) in [4.78, 5) is 8.98. The monoisotopic (exact) mass is 404 g/mol. The van der Waals surface area contributed by atoms with Gasteiger partial charge >= 0.3 is 0 Å². The number of hydrogen-bond donors (Lipinski definition) is 2. The summed E-state index contributed by atoms with van der Waals surface area (Å²) in [7, 11) is 1.77. The highest BCUT2D eigenvalue weighted by atomic mass is 16.5. The number of guanidine groups is 1. The lowest BCUT2D eigenvalue weighted by molar-refractivity contribution is 0.0694. The summed E-state index contributed by atoms with van der Waals surface area (Å²) < 4.78 is 11.8. The normalized spacial score (nSPS) is 17.7. The number of oxazole rings is 1. The van der Waals surface area contributed by atoms with Crippen LogP contribution in [0.1, 0.15) is 43.1 Å². The first kappa shape index (κ1) is 20.0. The molecule has 2 N–H and O–H groups in total. The van der Waals surface area contributed by atoms with E-state index in [0.717, 1.165) is 29.0 Å². The van der Waals surface area contributed by atoms with E-state index in [1.807, 2.05) is 30.3 Å². The molecule has 1 atom stereocenters. The quantitative estimate of drug-likeness (QED) is 0.490. The Balaban J connectivity index is 1.42. The summed E-state index contributed by atoms with van der Waals surface area (Å²) in [6, 6.07) is 16.4. The Kier molecular flexibility index (Phi) is 5.48. The fourth-order valence-corrected chi connectivity index (χ4v) is 3.68. The number of aryl methyl sites for hydroxylation is 1. The molecule has 3 aromatic rings. The number of hydrogen-bond acceptors (Lipinski definition) is 4. The molecule has 6 nitrogen and oxygen atoms in total. The van der Waals surface area contributed by atoms with E-state index in [1.165, 1.54) is 5.56 Å². The number of ether oxygens (including phenoxy) is 1. The van der Waals surface area contributed by atoms with Crippen molar-refractivity contribution < 1.29 is 9.15 Å². The van der Waals surface area contributed by atoms with Gasteiger partial charge in [-0.05, 0) is 39.0 Å². The molecule has 4 rings (SSSR count). The van der Waals surface area contributed by atoms with Crippen LogP contribution >= 0.6 is 0 Å². The van der Waals surface area contributed by atoms with Gasteiger partial charge < -0.3 is 19.8 Å². The van der Waals surface area contributed by atoms with Crippen LogP contribution in [0.15, 0.2) is 64.2 Å². The molecule has 0 radical (unpaired) electrons. The Bertz CT molecular complexity index is 1040. The van der Waals surface area contributed by atoms with Crippen molar-refractivity contribution in [3.05, 3.63) is 71.6 Å². The molecular weight excluding hydrogens is 376 g/mol. The molecule has 0 saturated heterocycles. The van der Waals surface area contributed by atoms with Gasteiger partial charge in [0.15, 0.2) is 5.96 Å². The average molecular weight is 405 g/mol. The molecule has 1 aromatic heterocycles. The van der Waals surface area contributed by atoms with E-state index in [1.54, 1.807) is 13.3 Å². The lowest BCUT2D eigenvalue weighted by atomic mass is 9.90. The molecule has 156 valence electrons. The van der Waals surface area contributed by atoms with E-state index in [4.69, 9.17) is 9.15 Å². The highest BCUT2D eigenvalue weighted by Crippen LogP contribution is 2.39. The Hall–Kier alpha value is -3.28. The molecule has 2 aromatic carbocycles. The Morgan fingerprint density at radius 2 is 1.93 bits per heavy atom. The summed E-state index contributed by atoms with van der Waals surface area (Å²) >= 11 is 0. The molecule has 1 aliphatic rings. The van der Waals surface area contributed by atoms with E-state index in [0.29, 0.717) is 18.4 Å². The van der Waals surface area contributed by atoms with Gasteiger partial charge in [0.05, 0.1) is 18.3 Å². The fourth-order valence-electron chi connectivity index (χ4n) is 3.68. The zero-order valence-corrected chi connectivity index (χ0v) is 17.9. The smallest absolute Gasteiger partial charge is 0.226 e. The van der Waals surface area contributed by atoms with E-state index < -0.39 is 0 Å². The third-order valence-electron chi connectivity index (χ3n) is 5.20. The first-order valence-corrected chi connectivity index (χ1v) is 10.2. The predicted molar refractivity (Wildman–Crippen MR) is 119 cm³/mol. The molecule has 0 aliphatic carbocycles. The number of nitrogens with zero attached hydrogens (tertiary/aromatic N) is 2. The average Bonchev–Trinajstić information content (AvgIpc) is 3.19. The topological polar surface area (TPSA) is 71.7 Å². The molecule has 1 aliphatic heterocycles. The van der Waals surface area contributed by atoms with Crippen LogP contribution in [0.2, 0.25) is 0 Å². The van der Waals surface area contributed by atoms with Crippen molar-refractivity contribution >= 4 is 5.96 Å². The molecular formula is C24H28N4O2. The van der Waals surface area contributed by atoms with Crippen LogP contribution < -0.4 is 15.4 Å². The van der Waals surface area contributed by atoms with Crippen LogP contribution in [-0.4, -0.2) is 23.6 Å². The SMILES string of the molecule is CN=C(NCc1coc(-c2ccc(C)cc2)n1)NC1CC(C)(C)Oc2ccccc21. The van der Waals surface area contributed by atoms with Gasteiger partial charge in [0.1, 0.15) is 17.6 Å². The van der Waals surface area contributed by atoms with Crippen molar-refractivity contribution in [1.29, 1.82) is 0 Å². The minimum absolute atomic E-state index is 0.108. The second-order valence-corrected chi connectivity index (χ2v) is 8.24. The molecule has 0 bridgehead atoms. The number of rotatable bonds is 4. The number of nitrogens with one attached hydrogen (secondary N) is 2. The maximum absolute atomic E-state index is 6.12. The summed E-state index contributed by atoms with van der Waals surface area (Å²) in [5, 5.41) is 6.87. The Morgan fingerprint density at radius 3 is 2.70 bits per heavy atom. The first-order valence-electron chi connectivity index (χ1n) is 10.2. The molecule has 0 spiro atoms. The van der Waals surface area contributed by atoms with Crippen molar-refractivity contribution in [1.82, 2.24) is 15.6 Å². The van der Waals surface area contributed by atoms with Gasteiger partial charge in [-0.25, -0.2) is 4.98 Å². The molecule has 0 saturated carbocycles. The van der Waals surface area contributed by atoms with Crippen LogP contribution in [0.5, 0.6) is 5.75 Å². The maximum atomic E-state index is 6.12. The minimum atomic E-state index is -0.250. The van der Waals surface area contributed by atoms with Gasteiger partial charge in [-0.2, -0.15) is 0 Å². The summed E-state index contributed by atoms with van der Waals surface area (Å²) in [6.07, 6.45) is 2.52. The maximum Gasteiger partial charge on any atom is 0.226 e. The summed E-state index contributed by atoms with van der Waals surface area (Å²) in [5.74, 6) is 2.25. The van der Waals surface area contributed by atoms with Crippen molar-refractivity contribution in [2.75, 3.05) is 7.05 Å². The summed E-state index contributed by atoms with van der Waals surface area (Å²) in [6.45, 7) is 6.79. The number of para-hydroxylation sites is 1. The molecule has 0 amide bonds. The van der Waals surface area contributed by atoms with Crippen LogP contribution in [0.3, 0.4) is 0 Å². The molecule has 30 heavy (non-hydrogen) atoms. The van der Waals surface area contributed by atoms with Crippen LogP contribution in [0.25, 0.3) is 11.5 Å². The van der Waals surface area contributed by atoms with Gasteiger partial charge in [0.25, 0.3) is 0 Å². The predicted octanol–water partition coefficient (Wildman–Crippen LogP) is 4.62. The van der Waals surface area contributed by atoms with E-state index >= 15 is 0 Å². The van der Waals surface area contributed by atoms with Crippen molar-refractivity contribution in [2.45, 2.75) is 45.4 Å². The van der Waals surface area contributed by atoms with Gasteiger partial charge in [-0.3, -0.25) is 4.99 Å². The standard InChI is InChI=1S/C24H28N4O2/c1-16-9-11-17(12-10-16)22-27-18(15-29-22)14-26-23(25-4)28-20-13-24(2,3)30-21-8-6-5-7-19(20)21/h5-12,15,20H,13-14H2,1-4H3,(H2,25,26,28). The number of fused-ring (bicyclic) bond motifs is 1. The number of aliphatic imine (C=N–C) groups is 1. The number of benzene rings is 2. The number of aromatic nitrogens is 1. The van der Waals surface area contributed by atoms with Crippen molar-refractivity contribution in [2.24, 2.45) is 4.99 Å². The lowest BCUT2D eigenvalue weighted by Gasteiger charge is -2.38. The Labute approximate surface area is 177 Å². The van der Waals surface area contributed by atoms with Gasteiger partial charge in [0.2, 0.25) is 5.89 Å². The molecule has 6 heteroatoms. The Morgan fingerprint density at radius 1 is 1.17 bits per heavy atom. The molecule has 0 fully saturated rings. The molecule has 2 heterocycles. The van der Waals surface area contributed by atoms with Crippen molar-refractivity contribution in [3.8, 4) is 17.2 Å². The van der Waals surface area contributed by atoms with Crippen LogP contribution in [0.4, 0.5) is 0 Å². The minimum Gasteiger partial charge on any atom is -0.487 e. The van der Waals surface area contributed by atoms with E-state index in [9.17, 15) is 0 Å². The second-order valence-electron chi connectivity index (χ2n) is 8.24. The second kappa shape index (κ2) is 8.22. The van der Waals surface area contributed by atoms with Crippen LogP contribution in [-0.2, 0) is 6.54 Å². The van der Waals surface area contributed by atoms with Crippen molar-refractivity contribution in [3.63, 3.8) is 0 Å².